The summed E-state index contributed by atoms with van der Waals surface area (Å²) in [5.74, 6) is 0.0842. The van der Waals surface area contributed by atoms with Gasteiger partial charge in [-0.1, -0.05) is 37.1 Å². The Balaban J connectivity index is 1.45. The van der Waals surface area contributed by atoms with Crippen LogP contribution in [0.25, 0.3) is 0 Å². The molecule has 2 heterocycles. The van der Waals surface area contributed by atoms with Gasteiger partial charge in [0, 0.05) is 32.1 Å². The number of hydrogen-bond donors (Lipinski definition) is 2. The zero-order chi connectivity index (χ0) is 17.3. The van der Waals surface area contributed by atoms with Crippen LogP contribution in [0.4, 0.5) is 0 Å². The highest BCUT2D eigenvalue weighted by Gasteiger charge is 2.16. The summed E-state index contributed by atoms with van der Waals surface area (Å²) >= 11 is 0. The standard InChI is InChI=1S/C20H31N3O2/c24-20(13-19-16-25-11-8-21-19)22-14-17-6-5-7-18(12-17)15-23-9-3-1-2-4-10-23/h5-7,12,19,21H,1-4,8-11,13-16H2,(H,22,24). The van der Waals surface area contributed by atoms with Crippen LogP contribution >= 0.6 is 0 Å². The van der Waals surface area contributed by atoms with Crippen LogP contribution in [-0.4, -0.2) is 49.7 Å². The molecule has 5 nitrogen and oxygen atoms in total. The van der Waals surface area contributed by atoms with Gasteiger partial charge in [0.15, 0.2) is 0 Å². The number of amides is 1. The molecule has 0 aliphatic carbocycles. The molecule has 0 saturated carbocycles. The van der Waals surface area contributed by atoms with Crippen molar-refractivity contribution in [2.45, 2.75) is 51.2 Å². The minimum Gasteiger partial charge on any atom is -0.378 e. The van der Waals surface area contributed by atoms with Gasteiger partial charge in [0.2, 0.25) is 5.91 Å². The molecule has 1 amide bonds. The highest BCUT2D eigenvalue weighted by atomic mass is 16.5. The molecule has 0 radical (unpaired) electrons. The summed E-state index contributed by atoms with van der Waals surface area (Å²) in [4.78, 5) is 14.7. The van der Waals surface area contributed by atoms with Crippen molar-refractivity contribution in [1.82, 2.24) is 15.5 Å². The van der Waals surface area contributed by atoms with Crippen LogP contribution < -0.4 is 10.6 Å². The van der Waals surface area contributed by atoms with Crippen molar-refractivity contribution < 1.29 is 9.53 Å². The van der Waals surface area contributed by atoms with Crippen LogP contribution in [-0.2, 0) is 22.6 Å². The first-order valence-electron chi connectivity index (χ1n) is 9.67. The number of ether oxygens (including phenoxy) is 1. The molecule has 1 atom stereocenters. The average Bonchev–Trinajstić information content (AvgIpc) is 2.90. The van der Waals surface area contributed by atoms with Crippen LogP contribution in [0.1, 0.15) is 43.2 Å². The molecule has 1 aromatic rings. The van der Waals surface area contributed by atoms with Gasteiger partial charge < -0.3 is 15.4 Å². The predicted octanol–water partition coefficient (Wildman–Crippen LogP) is 2.06. The predicted molar refractivity (Wildman–Crippen MR) is 99.3 cm³/mol. The zero-order valence-electron chi connectivity index (χ0n) is 15.1. The quantitative estimate of drug-likeness (QED) is 0.829. The van der Waals surface area contributed by atoms with E-state index in [0.717, 1.165) is 19.7 Å². The number of morpholine rings is 1. The number of rotatable bonds is 6. The highest BCUT2D eigenvalue weighted by Crippen LogP contribution is 2.14. The van der Waals surface area contributed by atoms with E-state index in [2.05, 4.69) is 39.8 Å². The second kappa shape index (κ2) is 9.90. The molecule has 1 unspecified atom stereocenters. The number of carbonyl (C=O) groups excluding carboxylic acids is 1. The molecular weight excluding hydrogens is 314 g/mol. The first-order chi connectivity index (χ1) is 12.3. The highest BCUT2D eigenvalue weighted by molar-refractivity contribution is 5.76. The Hall–Kier alpha value is -1.43. The summed E-state index contributed by atoms with van der Waals surface area (Å²) in [6.45, 7) is 6.22. The van der Waals surface area contributed by atoms with E-state index in [1.165, 1.54) is 49.9 Å². The van der Waals surface area contributed by atoms with Crippen molar-refractivity contribution >= 4 is 5.91 Å². The molecule has 0 aromatic heterocycles. The smallest absolute Gasteiger partial charge is 0.221 e. The maximum absolute atomic E-state index is 12.1. The Bertz CT molecular complexity index is 535. The van der Waals surface area contributed by atoms with Gasteiger partial charge in [0.1, 0.15) is 0 Å². The molecule has 2 aliphatic rings. The Labute approximate surface area is 151 Å². The van der Waals surface area contributed by atoms with E-state index in [1.807, 2.05) is 0 Å². The summed E-state index contributed by atoms with van der Waals surface area (Å²) < 4.78 is 5.40. The average molecular weight is 345 g/mol. The van der Waals surface area contributed by atoms with E-state index in [1.54, 1.807) is 0 Å². The fourth-order valence-electron chi connectivity index (χ4n) is 3.64. The largest absolute Gasteiger partial charge is 0.378 e. The summed E-state index contributed by atoms with van der Waals surface area (Å²) in [5.41, 5.74) is 2.52. The minimum absolute atomic E-state index is 0.0842. The van der Waals surface area contributed by atoms with Crippen LogP contribution in [0.15, 0.2) is 24.3 Å². The molecule has 1 aromatic carbocycles. The Kier molecular flexibility index (Phi) is 7.27. The monoisotopic (exact) mass is 345 g/mol. The molecule has 5 heteroatoms. The Morgan fingerprint density at radius 2 is 2.00 bits per heavy atom. The van der Waals surface area contributed by atoms with Gasteiger partial charge in [-0.25, -0.2) is 0 Å². The molecule has 2 fully saturated rings. The molecular formula is C20H31N3O2. The van der Waals surface area contributed by atoms with Gasteiger partial charge in [0.25, 0.3) is 0 Å². The van der Waals surface area contributed by atoms with Crippen molar-refractivity contribution in [2.75, 3.05) is 32.8 Å². The molecule has 2 N–H and O–H groups in total. The van der Waals surface area contributed by atoms with Gasteiger partial charge in [-0.15, -0.1) is 0 Å². The van der Waals surface area contributed by atoms with E-state index >= 15 is 0 Å². The van der Waals surface area contributed by atoms with Gasteiger partial charge in [0.05, 0.1) is 13.2 Å². The third kappa shape index (κ3) is 6.42. The molecule has 0 spiro atoms. The lowest BCUT2D eigenvalue weighted by atomic mass is 10.1. The second-order valence-electron chi connectivity index (χ2n) is 7.22. The van der Waals surface area contributed by atoms with Gasteiger partial charge in [-0.2, -0.15) is 0 Å². The number of likely N-dealkylation sites (tertiary alicyclic amines) is 1. The molecule has 3 rings (SSSR count). The SMILES string of the molecule is O=C(CC1COCCN1)NCc1cccc(CN2CCCCCC2)c1. The summed E-state index contributed by atoms with van der Waals surface area (Å²) in [7, 11) is 0. The molecule has 2 saturated heterocycles. The number of nitrogens with zero attached hydrogens (tertiary/aromatic N) is 1. The van der Waals surface area contributed by atoms with Crippen molar-refractivity contribution in [3.63, 3.8) is 0 Å². The van der Waals surface area contributed by atoms with Crippen LogP contribution in [0, 0.1) is 0 Å². The van der Waals surface area contributed by atoms with E-state index < -0.39 is 0 Å². The third-order valence-corrected chi connectivity index (χ3v) is 5.02. The van der Waals surface area contributed by atoms with Crippen LogP contribution in [0.3, 0.4) is 0 Å². The maximum Gasteiger partial charge on any atom is 0.221 e. The summed E-state index contributed by atoms with van der Waals surface area (Å²) in [6, 6.07) is 8.76. The minimum atomic E-state index is 0.0842. The van der Waals surface area contributed by atoms with Crippen molar-refractivity contribution in [3.8, 4) is 0 Å². The fraction of sp³-hybridized carbons (Fsp3) is 0.650. The number of nitrogens with one attached hydrogen (secondary N) is 2. The molecule has 138 valence electrons. The van der Waals surface area contributed by atoms with E-state index in [9.17, 15) is 4.79 Å². The van der Waals surface area contributed by atoms with Crippen molar-refractivity contribution in [3.05, 3.63) is 35.4 Å². The van der Waals surface area contributed by atoms with E-state index in [0.29, 0.717) is 19.6 Å². The lowest BCUT2D eigenvalue weighted by molar-refractivity contribution is -0.122. The Morgan fingerprint density at radius 3 is 2.76 bits per heavy atom. The van der Waals surface area contributed by atoms with Gasteiger partial charge in [-0.05, 0) is 37.1 Å². The second-order valence-corrected chi connectivity index (χ2v) is 7.22. The zero-order valence-corrected chi connectivity index (χ0v) is 15.1. The number of carbonyl (C=O) groups is 1. The van der Waals surface area contributed by atoms with E-state index in [4.69, 9.17) is 4.74 Å². The topological polar surface area (TPSA) is 53.6 Å². The normalized spacial score (nSPS) is 22.3. The fourth-order valence-corrected chi connectivity index (χ4v) is 3.64. The maximum atomic E-state index is 12.1. The first-order valence-corrected chi connectivity index (χ1v) is 9.67. The van der Waals surface area contributed by atoms with E-state index in [-0.39, 0.29) is 11.9 Å². The molecule has 2 aliphatic heterocycles. The van der Waals surface area contributed by atoms with Crippen molar-refractivity contribution in [1.29, 1.82) is 0 Å². The Morgan fingerprint density at radius 1 is 1.20 bits per heavy atom. The first kappa shape index (κ1) is 18.4. The lowest BCUT2D eigenvalue weighted by Crippen LogP contribution is -2.44. The van der Waals surface area contributed by atoms with Crippen LogP contribution in [0.2, 0.25) is 0 Å². The third-order valence-electron chi connectivity index (χ3n) is 5.02. The molecule has 25 heavy (non-hydrogen) atoms. The summed E-state index contributed by atoms with van der Waals surface area (Å²) in [6.07, 6.45) is 5.84. The molecule has 0 bridgehead atoms. The number of hydrogen-bond acceptors (Lipinski definition) is 4. The number of benzene rings is 1. The lowest BCUT2D eigenvalue weighted by Gasteiger charge is -2.23. The summed E-state index contributed by atoms with van der Waals surface area (Å²) in [5, 5.41) is 6.36. The van der Waals surface area contributed by atoms with Crippen molar-refractivity contribution in [2.24, 2.45) is 0 Å². The van der Waals surface area contributed by atoms with Gasteiger partial charge in [-0.3, -0.25) is 9.69 Å². The van der Waals surface area contributed by atoms with Gasteiger partial charge >= 0.3 is 0 Å². The van der Waals surface area contributed by atoms with Crippen LogP contribution in [0.5, 0.6) is 0 Å².